The van der Waals surface area contributed by atoms with Crippen LogP contribution in [-0.4, -0.2) is 29.9 Å². The van der Waals surface area contributed by atoms with Crippen molar-refractivity contribution in [3.8, 4) is 22.8 Å². The van der Waals surface area contributed by atoms with E-state index in [4.69, 9.17) is 4.52 Å². The van der Waals surface area contributed by atoms with Crippen molar-refractivity contribution in [2.24, 2.45) is 7.05 Å². The van der Waals surface area contributed by atoms with E-state index in [0.29, 0.717) is 16.6 Å². The van der Waals surface area contributed by atoms with E-state index in [-0.39, 0.29) is 23.0 Å². The first kappa shape index (κ1) is 14.3. The second kappa shape index (κ2) is 5.11. The summed E-state index contributed by atoms with van der Waals surface area (Å²) in [4.78, 5) is 20.9. The van der Waals surface area contributed by atoms with Crippen LogP contribution in [-0.2, 0) is 7.05 Å². The SMILES string of the molecule is Cn1cc(-c2noc(-c3cccc4[nH]c(=O)[nH]c34)n2)c(C(F)F)n1. The molecule has 0 aliphatic rings. The summed E-state index contributed by atoms with van der Waals surface area (Å²) in [5, 5.41) is 7.47. The van der Waals surface area contributed by atoms with Crippen molar-refractivity contribution in [1.82, 2.24) is 29.9 Å². The number of aromatic amines is 2. The summed E-state index contributed by atoms with van der Waals surface area (Å²) in [5.74, 6) is 0.109. The molecule has 0 aliphatic heterocycles. The topological polar surface area (TPSA) is 105 Å². The van der Waals surface area contributed by atoms with Crippen LogP contribution >= 0.6 is 0 Å². The molecule has 4 aromatic rings. The summed E-state index contributed by atoms with van der Waals surface area (Å²) in [6, 6.07) is 5.10. The molecular weight excluding hydrogens is 322 g/mol. The summed E-state index contributed by atoms with van der Waals surface area (Å²) in [5.41, 5.74) is 0.872. The van der Waals surface area contributed by atoms with Crippen molar-refractivity contribution in [3.63, 3.8) is 0 Å². The molecule has 0 aliphatic carbocycles. The van der Waals surface area contributed by atoms with E-state index in [0.717, 1.165) is 0 Å². The molecule has 0 bridgehead atoms. The fourth-order valence-corrected chi connectivity index (χ4v) is 2.52. The molecular formula is C14H10F2N6O2. The van der Waals surface area contributed by atoms with Crippen LogP contribution in [0.25, 0.3) is 33.9 Å². The van der Waals surface area contributed by atoms with Crippen LogP contribution in [0, 0.1) is 0 Å². The molecule has 0 unspecified atom stereocenters. The Morgan fingerprint density at radius 3 is 2.88 bits per heavy atom. The van der Waals surface area contributed by atoms with E-state index in [1.165, 1.54) is 17.9 Å². The van der Waals surface area contributed by atoms with Gasteiger partial charge in [0.1, 0.15) is 5.69 Å². The standard InChI is InChI=1S/C14H10F2N6O2/c1-22-5-7(10(20-22)11(15)16)12-19-13(24-21-12)6-3-2-4-8-9(6)18-14(23)17-8/h2-5,11H,1H3,(H2,17,18,23). The molecule has 2 N–H and O–H groups in total. The van der Waals surface area contributed by atoms with Crippen LogP contribution in [0.2, 0.25) is 0 Å². The quantitative estimate of drug-likeness (QED) is 0.598. The van der Waals surface area contributed by atoms with E-state index in [1.54, 1.807) is 18.2 Å². The molecule has 0 spiro atoms. The lowest BCUT2D eigenvalue weighted by Crippen LogP contribution is -1.99. The summed E-state index contributed by atoms with van der Waals surface area (Å²) in [7, 11) is 1.53. The van der Waals surface area contributed by atoms with E-state index < -0.39 is 12.1 Å². The van der Waals surface area contributed by atoms with Gasteiger partial charge in [0.2, 0.25) is 5.82 Å². The van der Waals surface area contributed by atoms with E-state index in [1.807, 2.05) is 0 Å². The number of hydrogen-bond acceptors (Lipinski definition) is 5. The number of fused-ring (bicyclic) bond motifs is 1. The average Bonchev–Trinajstić information content (AvgIpc) is 3.22. The third kappa shape index (κ3) is 2.19. The Hall–Kier alpha value is -3.30. The first-order valence-electron chi connectivity index (χ1n) is 6.90. The number of H-pyrrole nitrogens is 2. The largest absolute Gasteiger partial charge is 0.334 e. The highest BCUT2D eigenvalue weighted by Gasteiger charge is 2.23. The van der Waals surface area contributed by atoms with Gasteiger partial charge in [-0.2, -0.15) is 10.1 Å². The van der Waals surface area contributed by atoms with E-state index >= 15 is 0 Å². The van der Waals surface area contributed by atoms with Crippen molar-refractivity contribution in [1.29, 1.82) is 0 Å². The third-order valence-electron chi connectivity index (χ3n) is 3.51. The smallest absolute Gasteiger partial charge is 0.323 e. The minimum atomic E-state index is -2.76. The first-order chi connectivity index (χ1) is 11.5. The highest BCUT2D eigenvalue weighted by Crippen LogP contribution is 2.31. The predicted octanol–water partition coefficient (Wildman–Crippen LogP) is 2.24. The number of halogens is 2. The van der Waals surface area contributed by atoms with Gasteiger partial charge in [-0.25, -0.2) is 13.6 Å². The monoisotopic (exact) mass is 332 g/mol. The molecule has 3 heterocycles. The number of benzene rings is 1. The normalized spacial score (nSPS) is 11.7. The Balaban J connectivity index is 1.84. The van der Waals surface area contributed by atoms with Gasteiger partial charge in [-0.3, -0.25) is 4.68 Å². The number of rotatable bonds is 3. The van der Waals surface area contributed by atoms with Gasteiger partial charge >= 0.3 is 5.69 Å². The fraction of sp³-hybridized carbons (Fsp3) is 0.143. The highest BCUT2D eigenvalue weighted by molar-refractivity contribution is 5.89. The van der Waals surface area contributed by atoms with Crippen LogP contribution in [0.15, 0.2) is 33.7 Å². The van der Waals surface area contributed by atoms with Crippen LogP contribution < -0.4 is 5.69 Å². The zero-order valence-electron chi connectivity index (χ0n) is 12.2. The maximum atomic E-state index is 13.1. The molecule has 0 atom stereocenters. The molecule has 4 rings (SSSR count). The van der Waals surface area contributed by atoms with Gasteiger partial charge in [-0.1, -0.05) is 11.2 Å². The number of aromatic nitrogens is 6. The molecule has 122 valence electrons. The summed E-state index contributed by atoms with van der Waals surface area (Å²) < 4.78 is 32.6. The van der Waals surface area contributed by atoms with E-state index in [2.05, 4.69) is 25.2 Å². The molecule has 3 aromatic heterocycles. The maximum Gasteiger partial charge on any atom is 0.323 e. The second-order valence-corrected chi connectivity index (χ2v) is 5.13. The zero-order valence-corrected chi connectivity index (χ0v) is 12.2. The van der Waals surface area contributed by atoms with Crippen molar-refractivity contribution in [2.45, 2.75) is 6.43 Å². The van der Waals surface area contributed by atoms with Gasteiger partial charge in [0.05, 0.1) is 22.2 Å². The van der Waals surface area contributed by atoms with Gasteiger partial charge in [0, 0.05) is 13.2 Å². The van der Waals surface area contributed by atoms with Gasteiger partial charge in [-0.15, -0.1) is 0 Å². The van der Waals surface area contributed by atoms with Crippen LogP contribution in [0.5, 0.6) is 0 Å². The molecule has 0 saturated carbocycles. The predicted molar refractivity (Wildman–Crippen MR) is 79.4 cm³/mol. The number of hydrogen-bond donors (Lipinski definition) is 2. The third-order valence-corrected chi connectivity index (χ3v) is 3.51. The van der Waals surface area contributed by atoms with Crippen LogP contribution in [0.1, 0.15) is 12.1 Å². The van der Waals surface area contributed by atoms with Gasteiger partial charge in [0.25, 0.3) is 12.3 Å². The Kier molecular flexibility index (Phi) is 3.05. The minimum absolute atomic E-state index is 0.00304. The van der Waals surface area contributed by atoms with Crippen molar-refractivity contribution >= 4 is 11.0 Å². The molecule has 0 amide bonds. The number of imidazole rings is 1. The molecule has 8 nitrogen and oxygen atoms in total. The molecule has 0 fully saturated rings. The van der Waals surface area contributed by atoms with E-state index in [9.17, 15) is 13.6 Å². The van der Waals surface area contributed by atoms with Gasteiger partial charge in [-0.05, 0) is 12.1 Å². The Morgan fingerprint density at radius 1 is 1.25 bits per heavy atom. The lowest BCUT2D eigenvalue weighted by atomic mass is 10.2. The minimum Gasteiger partial charge on any atom is -0.334 e. The summed E-state index contributed by atoms with van der Waals surface area (Å²) in [6.07, 6.45) is -1.36. The zero-order chi connectivity index (χ0) is 16.8. The van der Waals surface area contributed by atoms with Gasteiger partial charge in [0.15, 0.2) is 0 Å². The number of nitrogens with zero attached hydrogens (tertiary/aromatic N) is 4. The Morgan fingerprint density at radius 2 is 2.08 bits per heavy atom. The molecule has 24 heavy (non-hydrogen) atoms. The molecule has 0 radical (unpaired) electrons. The van der Waals surface area contributed by atoms with Crippen molar-refractivity contribution in [3.05, 3.63) is 40.6 Å². The summed E-state index contributed by atoms with van der Waals surface area (Å²) >= 11 is 0. The van der Waals surface area contributed by atoms with Crippen molar-refractivity contribution in [2.75, 3.05) is 0 Å². The van der Waals surface area contributed by atoms with Gasteiger partial charge < -0.3 is 14.5 Å². The lowest BCUT2D eigenvalue weighted by molar-refractivity contribution is 0.145. The van der Waals surface area contributed by atoms with Crippen molar-refractivity contribution < 1.29 is 13.3 Å². The number of para-hydroxylation sites is 1. The Bertz CT molecular complexity index is 1090. The highest BCUT2D eigenvalue weighted by atomic mass is 19.3. The number of nitrogens with one attached hydrogen (secondary N) is 2. The lowest BCUT2D eigenvalue weighted by Gasteiger charge is -1.96. The summed E-state index contributed by atoms with van der Waals surface area (Å²) in [6.45, 7) is 0. The van der Waals surface area contributed by atoms with Crippen LogP contribution in [0.4, 0.5) is 8.78 Å². The maximum absolute atomic E-state index is 13.1. The number of alkyl halides is 2. The second-order valence-electron chi connectivity index (χ2n) is 5.13. The first-order valence-corrected chi connectivity index (χ1v) is 6.90. The molecule has 1 aromatic carbocycles. The average molecular weight is 332 g/mol. The Labute approximate surface area is 132 Å². The van der Waals surface area contributed by atoms with Crippen LogP contribution in [0.3, 0.4) is 0 Å². The molecule has 10 heteroatoms. The number of aryl methyl sites for hydroxylation is 1. The molecule has 0 saturated heterocycles. The fourth-order valence-electron chi connectivity index (χ4n) is 2.52.